The minimum atomic E-state index is -0.164. The first-order chi connectivity index (χ1) is 12.2. The van der Waals surface area contributed by atoms with Crippen molar-refractivity contribution in [2.24, 2.45) is 5.10 Å². The monoisotopic (exact) mass is 346 g/mol. The van der Waals surface area contributed by atoms with E-state index in [0.717, 1.165) is 16.8 Å². The lowest BCUT2D eigenvalue weighted by atomic mass is 10.1. The van der Waals surface area contributed by atoms with Crippen molar-refractivity contribution in [2.75, 3.05) is 5.01 Å². The second-order valence-electron chi connectivity index (χ2n) is 5.52. The van der Waals surface area contributed by atoms with Gasteiger partial charge in [-0.15, -0.1) is 11.3 Å². The molecule has 0 fully saturated rings. The summed E-state index contributed by atoms with van der Waals surface area (Å²) in [6.07, 6.45) is 5.22. The highest BCUT2D eigenvalue weighted by Gasteiger charge is 2.30. The van der Waals surface area contributed by atoms with E-state index in [0.29, 0.717) is 16.4 Å². The van der Waals surface area contributed by atoms with Crippen LogP contribution in [0.2, 0.25) is 0 Å². The Balaban J connectivity index is 1.64. The van der Waals surface area contributed by atoms with Crippen LogP contribution in [0.5, 0.6) is 0 Å². The van der Waals surface area contributed by atoms with Gasteiger partial charge in [-0.2, -0.15) is 10.1 Å². The van der Waals surface area contributed by atoms with Gasteiger partial charge in [-0.3, -0.25) is 9.78 Å². The molecule has 1 aliphatic heterocycles. The normalized spacial score (nSPS) is 15.7. The van der Waals surface area contributed by atoms with Crippen LogP contribution in [-0.4, -0.2) is 21.6 Å². The quantitative estimate of drug-likeness (QED) is 0.673. The van der Waals surface area contributed by atoms with Crippen LogP contribution in [0.15, 0.2) is 70.9 Å². The Labute approximate surface area is 149 Å². The Morgan fingerprint density at radius 3 is 2.60 bits per heavy atom. The molecule has 0 unspecified atom stereocenters. The largest absolute Gasteiger partial charge is 0.282 e. The fourth-order valence-electron chi connectivity index (χ4n) is 2.54. The minimum Gasteiger partial charge on any atom is -0.267 e. The number of anilines is 1. The van der Waals surface area contributed by atoms with Crippen molar-refractivity contribution in [3.63, 3.8) is 0 Å². The zero-order valence-electron chi connectivity index (χ0n) is 13.5. The number of hydrazone groups is 1. The highest BCUT2D eigenvalue weighted by Crippen LogP contribution is 2.31. The molecule has 0 atom stereocenters. The number of hydrogen-bond acceptors (Lipinski definition) is 5. The maximum Gasteiger partial charge on any atom is 0.282 e. The average molecular weight is 346 g/mol. The van der Waals surface area contributed by atoms with E-state index < -0.39 is 0 Å². The van der Waals surface area contributed by atoms with Crippen molar-refractivity contribution in [2.45, 2.75) is 6.92 Å². The van der Waals surface area contributed by atoms with Gasteiger partial charge >= 0.3 is 0 Å². The lowest BCUT2D eigenvalue weighted by molar-refractivity contribution is -0.114. The molecular weight excluding hydrogens is 332 g/mol. The first-order valence-corrected chi connectivity index (χ1v) is 8.63. The van der Waals surface area contributed by atoms with Gasteiger partial charge in [0.05, 0.1) is 17.0 Å². The lowest BCUT2D eigenvalue weighted by Gasteiger charge is -2.06. The predicted molar refractivity (Wildman–Crippen MR) is 100 cm³/mol. The number of hydrogen-bond donors (Lipinski definition) is 0. The first-order valence-electron chi connectivity index (χ1n) is 7.75. The van der Waals surface area contributed by atoms with Gasteiger partial charge in [0.2, 0.25) is 5.13 Å². The average Bonchev–Trinajstić information content (AvgIpc) is 3.24. The third kappa shape index (κ3) is 2.99. The first kappa shape index (κ1) is 15.4. The van der Waals surface area contributed by atoms with E-state index in [9.17, 15) is 4.79 Å². The fourth-order valence-corrected chi connectivity index (χ4v) is 3.32. The molecule has 0 saturated heterocycles. The van der Waals surface area contributed by atoms with Crippen molar-refractivity contribution in [3.8, 4) is 11.3 Å². The molecule has 1 amide bonds. The molecule has 3 aromatic rings. The molecule has 6 heteroatoms. The van der Waals surface area contributed by atoms with Crippen molar-refractivity contribution in [1.82, 2.24) is 9.97 Å². The van der Waals surface area contributed by atoms with Gasteiger partial charge in [0.15, 0.2) is 0 Å². The van der Waals surface area contributed by atoms with Crippen LogP contribution in [0, 0.1) is 0 Å². The zero-order chi connectivity index (χ0) is 17.2. The fraction of sp³-hybridized carbons (Fsp3) is 0.0526. The molecule has 25 heavy (non-hydrogen) atoms. The Hall–Kier alpha value is -3.12. The summed E-state index contributed by atoms with van der Waals surface area (Å²) >= 11 is 1.41. The lowest BCUT2D eigenvalue weighted by Crippen LogP contribution is -2.21. The number of carbonyl (C=O) groups is 1. The summed E-state index contributed by atoms with van der Waals surface area (Å²) in [7, 11) is 0. The SMILES string of the molecule is CC1=NN(c2nc(-c3ccccc3)cs2)C(=O)/C1=C/c1ccncc1. The van der Waals surface area contributed by atoms with E-state index in [1.54, 1.807) is 12.4 Å². The molecule has 5 nitrogen and oxygen atoms in total. The van der Waals surface area contributed by atoms with E-state index in [1.807, 2.05) is 60.8 Å². The molecule has 1 aliphatic rings. The Kier molecular flexibility index (Phi) is 3.95. The van der Waals surface area contributed by atoms with Crippen LogP contribution in [0.25, 0.3) is 17.3 Å². The number of carbonyl (C=O) groups excluding carboxylic acids is 1. The number of amides is 1. The van der Waals surface area contributed by atoms with Gasteiger partial charge in [0.25, 0.3) is 5.91 Å². The second-order valence-corrected chi connectivity index (χ2v) is 6.36. The van der Waals surface area contributed by atoms with Crippen LogP contribution >= 0.6 is 11.3 Å². The highest BCUT2D eigenvalue weighted by atomic mass is 32.1. The number of thiazole rings is 1. The predicted octanol–water partition coefficient (Wildman–Crippen LogP) is 4.01. The number of pyridine rings is 1. The molecule has 0 spiro atoms. The van der Waals surface area contributed by atoms with Crippen molar-refractivity contribution in [1.29, 1.82) is 0 Å². The van der Waals surface area contributed by atoms with Crippen LogP contribution in [0.3, 0.4) is 0 Å². The maximum atomic E-state index is 12.8. The van der Waals surface area contributed by atoms with Crippen molar-refractivity contribution < 1.29 is 4.79 Å². The summed E-state index contributed by atoms with van der Waals surface area (Å²) in [5.41, 5.74) is 4.03. The molecule has 0 aliphatic carbocycles. The molecule has 0 bridgehead atoms. The molecule has 0 radical (unpaired) electrons. The number of aromatic nitrogens is 2. The molecule has 4 rings (SSSR count). The summed E-state index contributed by atoms with van der Waals surface area (Å²) in [5.74, 6) is -0.164. The van der Waals surface area contributed by atoms with Gasteiger partial charge in [0, 0.05) is 23.3 Å². The highest BCUT2D eigenvalue weighted by molar-refractivity contribution is 7.14. The summed E-state index contributed by atoms with van der Waals surface area (Å²) < 4.78 is 0. The van der Waals surface area contributed by atoms with Gasteiger partial charge < -0.3 is 0 Å². The molecular formula is C19H14N4OS. The Bertz CT molecular complexity index is 977. The second kappa shape index (κ2) is 6.41. The smallest absolute Gasteiger partial charge is 0.267 e. The van der Waals surface area contributed by atoms with Crippen molar-refractivity contribution in [3.05, 3.63) is 71.4 Å². The van der Waals surface area contributed by atoms with Crippen LogP contribution in [0.1, 0.15) is 12.5 Å². The van der Waals surface area contributed by atoms with Gasteiger partial charge in [0.1, 0.15) is 0 Å². The number of rotatable bonds is 3. The molecule has 1 aromatic carbocycles. The van der Waals surface area contributed by atoms with Crippen LogP contribution in [-0.2, 0) is 4.79 Å². The van der Waals surface area contributed by atoms with E-state index in [4.69, 9.17) is 0 Å². The van der Waals surface area contributed by atoms with E-state index in [2.05, 4.69) is 15.1 Å². The van der Waals surface area contributed by atoms with Crippen LogP contribution < -0.4 is 5.01 Å². The maximum absolute atomic E-state index is 12.8. The Morgan fingerprint density at radius 2 is 1.84 bits per heavy atom. The molecule has 2 aromatic heterocycles. The summed E-state index contributed by atoms with van der Waals surface area (Å²) in [4.78, 5) is 21.3. The third-order valence-electron chi connectivity index (χ3n) is 3.82. The summed E-state index contributed by atoms with van der Waals surface area (Å²) in [6, 6.07) is 13.6. The molecule has 0 saturated carbocycles. The molecule has 3 heterocycles. The summed E-state index contributed by atoms with van der Waals surface area (Å²) in [5, 5.41) is 8.27. The van der Waals surface area contributed by atoms with E-state index in [1.165, 1.54) is 16.3 Å². The number of nitrogens with zero attached hydrogens (tertiary/aromatic N) is 4. The topological polar surface area (TPSA) is 58.5 Å². The van der Waals surface area contributed by atoms with Gasteiger partial charge in [-0.05, 0) is 30.7 Å². The van der Waals surface area contributed by atoms with Crippen LogP contribution in [0.4, 0.5) is 5.13 Å². The molecule has 122 valence electrons. The third-order valence-corrected chi connectivity index (χ3v) is 4.64. The van der Waals surface area contributed by atoms with Gasteiger partial charge in [-0.1, -0.05) is 30.3 Å². The number of benzene rings is 1. The van der Waals surface area contributed by atoms with Gasteiger partial charge in [-0.25, -0.2) is 4.98 Å². The molecule has 0 N–H and O–H groups in total. The van der Waals surface area contributed by atoms with Crippen molar-refractivity contribution >= 4 is 34.2 Å². The minimum absolute atomic E-state index is 0.164. The standard InChI is InChI=1S/C19H14N4OS/c1-13-16(11-14-7-9-20-10-8-14)18(24)23(22-13)19-21-17(12-25-19)15-5-3-2-4-6-15/h2-12H,1H3/b16-11+. The zero-order valence-corrected chi connectivity index (χ0v) is 14.3. The Morgan fingerprint density at radius 1 is 1.08 bits per heavy atom. The van der Waals surface area contributed by atoms with E-state index in [-0.39, 0.29) is 5.91 Å². The summed E-state index contributed by atoms with van der Waals surface area (Å²) in [6.45, 7) is 1.83. The van der Waals surface area contributed by atoms with E-state index >= 15 is 0 Å².